The average molecular weight is 342 g/mol. The van der Waals surface area contributed by atoms with Crippen LogP contribution < -0.4 is 5.69 Å². The van der Waals surface area contributed by atoms with Gasteiger partial charge in [-0.25, -0.2) is 4.79 Å². The van der Waals surface area contributed by atoms with Crippen molar-refractivity contribution in [1.82, 2.24) is 19.8 Å². The molecule has 1 aromatic heterocycles. The van der Waals surface area contributed by atoms with Crippen molar-refractivity contribution in [2.24, 2.45) is 0 Å². The van der Waals surface area contributed by atoms with Crippen molar-refractivity contribution in [3.8, 4) is 0 Å². The standard InChI is InChI=1S/C18H22N4O3/c1-12(2)13-3-5-14(6-4-13)16(23)21-7-9-22(10-8-21)17(24)15-11-19-18(25)20-15/h3-6,11-12H,7-10H2,1-2H3,(H2,19,20,25). The molecule has 7 heteroatoms. The molecule has 132 valence electrons. The first-order valence-corrected chi connectivity index (χ1v) is 8.42. The van der Waals surface area contributed by atoms with Crippen LogP contribution in [0.2, 0.25) is 0 Å². The molecule has 2 heterocycles. The Morgan fingerprint density at radius 1 is 0.960 bits per heavy atom. The predicted molar refractivity (Wildman–Crippen MR) is 93.8 cm³/mol. The first-order valence-electron chi connectivity index (χ1n) is 8.42. The monoisotopic (exact) mass is 342 g/mol. The van der Waals surface area contributed by atoms with Gasteiger partial charge < -0.3 is 19.8 Å². The third-order valence-electron chi connectivity index (χ3n) is 4.50. The van der Waals surface area contributed by atoms with E-state index >= 15 is 0 Å². The molecule has 0 saturated carbocycles. The van der Waals surface area contributed by atoms with E-state index in [2.05, 4.69) is 23.8 Å². The lowest BCUT2D eigenvalue weighted by Crippen LogP contribution is -2.50. The number of carbonyl (C=O) groups is 2. The minimum atomic E-state index is -0.401. The van der Waals surface area contributed by atoms with E-state index in [9.17, 15) is 14.4 Å². The zero-order valence-corrected chi connectivity index (χ0v) is 14.4. The molecule has 1 saturated heterocycles. The Labute approximate surface area is 145 Å². The molecule has 0 bridgehead atoms. The first kappa shape index (κ1) is 17.0. The Balaban J connectivity index is 1.60. The number of rotatable bonds is 3. The summed E-state index contributed by atoms with van der Waals surface area (Å²) in [5.41, 5.74) is 1.71. The Bertz CT molecular complexity index is 811. The van der Waals surface area contributed by atoms with Crippen molar-refractivity contribution >= 4 is 11.8 Å². The molecule has 25 heavy (non-hydrogen) atoms. The molecule has 1 aliphatic heterocycles. The number of imidazole rings is 1. The summed E-state index contributed by atoms with van der Waals surface area (Å²) in [4.78, 5) is 44.3. The smallest absolute Gasteiger partial charge is 0.323 e. The summed E-state index contributed by atoms with van der Waals surface area (Å²) in [5.74, 6) is 0.183. The third-order valence-corrected chi connectivity index (χ3v) is 4.50. The molecular formula is C18H22N4O3. The number of hydrogen-bond acceptors (Lipinski definition) is 3. The van der Waals surface area contributed by atoms with Crippen LogP contribution in [0.4, 0.5) is 0 Å². The van der Waals surface area contributed by atoms with Crippen molar-refractivity contribution in [3.05, 3.63) is 57.8 Å². The van der Waals surface area contributed by atoms with E-state index in [1.165, 1.54) is 11.8 Å². The summed E-state index contributed by atoms with van der Waals surface area (Å²) < 4.78 is 0. The number of aromatic amines is 2. The Morgan fingerprint density at radius 2 is 1.52 bits per heavy atom. The van der Waals surface area contributed by atoms with Gasteiger partial charge in [0.25, 0.3) is 11.8 Å². The quantitative estimate of drug-likeness (QED) is 0.884. The number of hydrogen-bond donors (Lipinski definition) is 2. The molecule has 0 spiro atoms. The number of piperazine rings is 1. The van der Waals surface area contributed by atoms with E-state index in [0.29, 0.717) is 37.7 Å². The molecule has 2 aromatic rings. The summed E-state index contributed by atoms with van der Waals surface area (Å²) in [7, 11) is 0. The fraction of sp³-hybridized carbons (Fsp3) is 0.389. The number of nitrogens with zero attached hydrogens (tertiary/aromatic N) is 2. The lowest BCUT2D eigenvalue weighted by molar-refractivity contribution is 0.0532. The van der Waals surface area contributed by atoms with Gasteiger partial charge >= 0.3 is 5.69 Å². The van der Waals surface area contributed by atoms with Crippen LogP contribution in [-0.2, 0) is 0 Å². The minimum absolute atomic E-state index is 0.0162. The second-order valence-corrected chi connectivity index (χ2v) is 6.52. The van der Waals surface area contributed by atoms with Gasteiger partial charge in [-0.15, -0.1) is 0 Å². The largest absolute Gasteiger partial charge is 0.335 e. The summed E-state index contributed by atoms with van der Waals surface area (Å²) in [6.45, 7) is 6.08. The van der Waals surface area contributed by atoms with E-state index < -0.39 is 5.69 Å². The summed E-state index contributed by atoms with van der Waals surface area (Å²) >= 11 is 0. The van der Waals surface area contributed by atoms with Gasteiger partial charge in [-0.2, -0.15) is 0 Å². The highest BCUT2D eigenvalue weighted by Crippen LogP contribution is 2.16. The molecule has 1 aromatic carbocycles. The summed E-state index contributed by atoms with van der Waals surface area (Å²) in [6, 6.07) is 7.69. The molecule has 7 nitrogen and oxygen atoms in total. The molecule has 0 atom stereocenters. The van der Waals surface area contributed by atoms with Crippen LogP contribution in [0.5, 0.6) is 0 Å². The van der Waals surface area contributed by atoms with Gasteiger partial charge in [-0.05, 0) is 23.6 Å². The number of aromatic nitrogens is 2. The van der Waals surface area contributed by atoms with Gasteiger partial charge in [0.1, 0.15) is 5.69 Å². The number of nitrogens with one attached hydrogen (secondary N) is 2. The first-order chi connectivity index (χ1) is 12.0. The zero-order valence-electron chi connectivity index (χ0n) is 14.4. The molecule has 0 unspecified atom stereocenters. The van der Waals surface area contributed by atoms with Gasteiger partial charge in [0.15, 0.2) is 0 Å². The molecule has 0 aliphatic carbocycles. The maximum atomic E-state index is 12.6. The van der Waals surface area contributed by atoms with E-state index in [0.717, 1.165) is 0 Å². The van der Waals surface area contributed by atoms with Crippen molar-refractivity contribution in [2.75, 3.05) is 26.2 Å². The molecule has 1 fully saturated rings. The Hall–Kier alpha value is -2.83. The molecule has 2 amide bonds. The van der Waals surface area contributed by atoms with Crippen LogP contribution in [0.3, 0.4) is 0 Å². The number of carbonyl (C=O) groups excluding carboxylic acids is 2. The predicted octanol–water partition coefficient (Wildman–Crippen LogP) is 1.42. The van der Waals surface area contributed by atoms with E-state index in [1.54, 1.807) is 9.80 Å². The second-order valence-electron chi connectivity index (χ2n) is 6.52. The van der Waals surface area contributed by atoms with Crippen molar-refractivity contribution < 1.29 is 9.59 Å². The average Bonchev–Trinajstić information content (AvgIpc) is 3.07. The lowest BCUT2D eigenvalue weighted by Gasteiger charge is -2.34. The summed E-state index contributed by atoms with van der Waals surface area (Å²) in [5, 5.41) is 0. The molecule has 0 radical (unpaired) electrons. The minimum Gasteiger partial charge on any atom is -0.335 e. The molecule has 1 aliphatic rings. The fourth-order valence-electron chi connectivity index (χ4n) is 2.92. The third kappa shape index (κ3) is 3.65. The highest BCUT2D eigenvalue weighted by molar-refractivity contribution is 5.95. The van der Waals surface area contributed by atoms with Gasteiger partial charge in [0.05, 0.1) is 0 Å². The van der Waals surface area contributed by atoms with Crippen LogP contribution in [0.1, 0.15) is 46.2 Å². The van der Waals surface area contributed by atoms with Crippen LogP contribution in [0.15, 0.2) is 35.3 Å². The normalized spacial score (nSPS) is 14.8. The van der Waals surface area contributed by atoms with Crippen molar-refractivity contribution in [1.29, 1.82) is 0 Å². The van der Waals surface area contributed by atoms with Crippen LogP contribution in [-0.4, -0.2) is 57.8 Å². The number of benzene rings is 1. The van der Waals surface area contributed by atoms with Crippen LogP contribution in [0.25, 0.3) is 0 Å². The number of H-pyrrole nitrogens is 2. The highest BCUT2D eigenvalue weighted by Gasteiger charge is 2.26. The maximum absolute atomic E-state index is 12.6. The summed E-state index contributed by atoms with van der Waals surface area (Å²) in [6.07, 6.45) is 1.37. The fourth-order valence-corrected chi connectivity index (χ4v) is 2.92. The van der Waals surface area contributed by atoms with E-state index in [-0.39, 0.29) is 17.5 Å². The van der Waals surface area contributed by atoms with E-state index in [4.69, 9.17) is 0 Å². The van der Waals surface area contributed by atoms with Crippen LogP contribution in [0, 0.1) is 0 Å². The highest BCUT2D eigenvalue weighted by atomic mass is 16.2. The second kappa shape index (κ2) is 6.96. The lowest BCUT2D eigenvalue weighted by atomic mass is 10.0. The number of amides is 2. The van der Waals surface area contributed by atoms with Gasteiger partial charge in [0, 0.05) is 37.9 Å². The van der Waals surface area contributed by atoms with Gasteiger partial charge in [-0.1, -0.05) is 26.0 Å². The van der Waals surface area contributed by atoms with Crippen LogP contribution >= 0.6 is 0 Å². The Kier molecular flexibility index (Phi) is 4.74. The van der Waals surface area contributed by atoms with Crippen molar-refractivity contribution in [2.45, 2.75) is 19.8 Å². The van der Waals surface area contributed by atoms with Gasteiger partial charge in [-0.3, -0.25) is 9.59 Å². The molecule has 3 rings (SSSR count). The van der Waals surface area contributed by atoms with E-state index in [1.807, 2.05) is 24.3 Å². The maximum Gasteiger partial charge on any atom is 0.323 e. The Morgan fingerprint density at radius 3 is 2.00 bits per heavy atom. The topological polar surface area (TPSA) is 89.3 Å². The van der Waals surface area contributed by atoms with Crippen molar-refractivity contribution in [3.63, 3.8) is 0 Å². The van der Waals surface area contributed by atoms with Gasteiger partial charge in [0.2, 0.25) is 0 Å². The molecular weight excluding hydrogens is 320 g/mol. The zero-order chi connectivity index (χ0) is 18.0. The molecule has 2 N–H and O–H groups in total. The SMILES string of the molecule is CC(C)c1ccc(C(=O)N2CCN(C(=O)c3c[nH]c(=O)[nH]3)CC2)cc1.